The van der Waals surface area contributed by atoms with Crippen molar-refractivity contribution in [2.45, 2.75) is 43.4 Å². The zero-order valence-corrected chi connectivity index (χ0v) is 14.5. The predicted molar refractivity (Wildman–Crippen MR) is 88.8 cm³/mol. The third-order valence-corrected chi connectivity index (χ3v) is 6.28. The van der Waals surface area contributed by atoms with E-state index in [9.17, 15) is 13.2 Å². The molecule has 22 heavy (non-hydrogen) atoms. The number of rotatable bonds is 4. The lowest BCUT2D eigenvalue weighted by molar-refractivity contribution is -0.131. The molecule has 0 radical (unpaired) electrons. The molecule has 1 aromatic carbocycles. The van der Waals surface area contributed by atoms with Crippen molar-refractivity contribution in [3.8, 4) is 0 Å². The smallest absolute Gasteiger partial charge is 0.227 e. The van der Waals surface area contributed by atoms with E-state index in [1.807, 2.05) is 12.1 Å². The molecule has 0 bridgehead atoms. The van der Waals surface area contributed by atoms with E-state index in [-0.39, 0.29) is 18.4 Å². The van der Waals surface area contributed by atoms with Crippen molar-refractivity contribution in [1.29, 1.82) is 0 Å². The maximum Gasteiger partial charge on any atom is 0.227 e. The fraction of sp³-hybridized carbons (Fsp3) is 0.562. The normalized spacial score (nSPS) is 22.3. The molecule has 2 unspecified atom stereocenters. The lowest BCUT2D eigenvalue weighted by Crippen LogP contribution is -2.49. The molecule has 4 nitrogen and oxygen atoms in total. The van der Waals surface area contributed by atoms with Crippen molar-refractivity contribution in [3.05, 3.63) is 34.9 Å². The highest BCUT2D eigenvalue weighted by molar-refractivity contribution is 7.91. The fourth-order valence-electron chi connectivity index (χ4n) is 3.11. The van der Waals surface area contributed by atoms with Crippen molar-refractivity contribution in [2.75, 3.05) is 13.3 Å². The summed E-state index contributed by atoms with van der Waals surface area (Å²) in [6.45, 7) is 0. The molecule has 6 heteroatoms. The zero-order chi connectivity index (χ0) is 16.3. The van der Waals surface area contributed by atoms with E-state index >= 15 is 0 Å². The standard InChI is InChI=1S/C16H22ClNO3S/c1-18(14-5-3-4-6-15(14)22(2,20)21)16(19)11-12-7-9-13(17)10-8-12/h7-10,14-15H,3-6,11H2,1-2H3. The van der Waals surface area contributed by atoms with Gasteiger partial charge >= 0.3 is 0 Å². The van der Waals surface area contributed by atoms with E-state index in [0.717, 1.165) is 24.8 Å². The lowest BCUT2D eigenvalue weighted by atomic mass is 9.93. The van der Waals surface area contributed by atoms with Crippen LogP contribution < -0.4 is 0 Å². The van der Waals surface area contributed by atoms with E-state index in [1.165, 1.54) is 6.26 Å². The van der Waals surface area contributed by atoms with Gasteiger partial charge in [-0.2, -0.15) is 0 Å². The van der Waals surface area contributed by atoms with Crippen molar-refractivity contribution < 1.29 is 13.2 Å². The highest BCUT2D eigenvalue weighted by atomic mass is 35.5. The molecule has 2 atom stereocenters. The average Bonchev–Trinajstić information content (AvgIpc) is 2.48. The number of hydrogen-bond acceptors (Lipinski definition) is 3. The number of sulfone groups is 1. The Morgan fingerprint density at radius 3 is 2.41 bits per heavy atom. The van der Waals surface area contributed by atoms with Crippen LogP contribution in [0.5, 0.6) is 0 Å². The van der Waals surface area contributed by atoms with E-state index in [4.69, 9.17) is 11.6 Å². The first-order chi connectivity index (χ1) is 10.3. The Hall–Kier alpha value is -1.07. The Balaban J connectivity index is 2.09. The van der Waals surface area contributed by atoms with Crippen molar-refractivity contribution in [3.63, 3.8) is 0 Å². The van der Waals surface area contributed by atoms with E-state index in [0.29, 0.717) is 11.4 Å². The second-order valence-electron chi connectivity index (χ2n) is 6.03. The second-order valence-corrected chi connectivity index (χ2v) is 8.73. The first-order valence-electron chi connectivity index (χ1n) is 7.48. The summed E-state index contributed by atoms with van der Waals surface area (Å²) >= 11 is 5.84. The lowest BCUT2D eigenvalue weighted by Gasteiger charge is -2.37. The van der Waals surface area contributed by atoms with Crippen LogP contribution in [0.1, 0.15) is 31.2 Å². The Bertz CT molecular complexity index is 627. The summed E-state index contributed by atoms with van der Waals surface area (Å²) in [6, 6.07) is 6.93. The van der Waals surface area contributed by atoms with Crippen LogP contribution in [0.15, 0.2) is 24.3 Å². The Morgan fingerprint density at radius 1 is 1.23 bits per heavy atom. The van der Waals surface area contributed by atoms with Gasteiger partial charge in [-0.1, -0.05) is 36.6 Å². The molecule has 1 amide bonds. The van der Waals surface area contributed by atoms with Gasteiger partial charge in [0, 0.05) is 24.4 Å². The van der Waals surface area contributed by atoms with Crippen LogP contribution in [0.3, 0.4) is 0 Å². The van der Waals surface area contributed by atoms with Crippen LogP contribution >= 0.6 is 11.6 Å². The van der Waals surface area contributed by atoms with Gasteiger partial charge in [0.05, 0.1) is 11.7 Å². The average molecular weight is 344 g/mol. The molecule has 1 aromatic rings. The van der Waals surface area contributed by atoms with Crippen molar-refractivity contribution in [2.24, 2.45) is 0 Å². The predicted octanol–water partition coefficient (Wildman–Crippen LogP) is 2.70. The molecular weight excluding hydrogens is 322 g/mol. The van der Waals surface area contributed by atoms with Crippen LogP contribution in [0.4, 0.5) is 0 Å². The quantitative estimate of drug-likeness (QED) is 0.844. The zero-order valence-electron chi connectivity index (χ0n) is 13.0. The molecule has 0 N–H and O–H groups in total. The number of amides is 1. The van der Waals surface area contributed by atoms with Crippen LogP contribution in [-0.4, -0.2) is 43.8 Å². The molecule has 1 fully saturated rings. The third-order valence-electron chi connectivity index (χ3n) is 4.38. The van der Waals surface area contributed by atoms with Crippen LogP contribution in [-0.2, 0) is 21.1 Å². The fourth-order valence-corrected chi connectivity index (χ4v) is 4.72. The Kier molecular flexibility index (Phi) is 5.50. The molecule has 0 spiro atoms. The van der Waals surface area contributed by atoms with E-state index in [2.05, 4.69) is 0 Å². The number of benzene rings is 1. The molecule has 0 heterocycles. The Labute approximate surface area is 137 Å². The van der Waals surface area contributed by atoms with E-state index < -0.39 is 15.1 Å². The molecule has 1 aliphatic rings. The van der Waals surface area contributed by atoms with Gasteiger partial charge in [0.1, 0.15) is 0 Å². The molecule has 0 aliphatic heterocycles. The molecular formula is C16H22ClNO3S. The van der Waals surface area contributed by atoms with E-state index in [1.54, 1.807) is 24.1 Å². The maximum atomic E-state index is 12.5. The van der Waals surface area contributed by atoms with Gasteiger partial charge in [0.15, 0.2) is 9.84 Å². The summed E-state index contributed by atoms with van der Waals surface area (Å²) in [7, 11) is -1.43. The minimum Gasteiger partial charge on any atom is -0.341 e. The van der Waals surface area contributed by atoms with Crippen LogP contribution in [0.2, 0.25) is 5.02 Å². The summed E-state index contributed by atoms with van der Waals surface area (Å²) < 4.78 is 23.9. The first-order valence-corrected chi connectivity index (χ1v) is 9.81. The monoisotopic (exact) mass is 343 g/mol. The molecule has 0 saturated heterocycles. The summed E-state index contributed by atoms with van der Waals surface area (Å²) in [5.74, 6) is -0.0529. The van der Waals surface area contributed by atoms with Gasteiger partial charge in [0.2, 0.25) is 5.91 Å². The summed E-state index contributed by atoms with van der Waals surface area (Å²) in [6.07, 6.45) is 4.81. The highest BCUT2D eigenvalue weighted by Gasteiger charge is 2.36. The molecule has 1 saturated carbocycles. The van der Waals surface area contributed by atoms with Gasteiger partial charge in [-0.15, -0.1) is 0 Å². The minimum absolute atomic E-state index is 0.0529. The second kappa shape index (κ2) is 7.01. The third kappa shape index (κ3) is 4.23. The number of likely N-dealkylation sites (N-methyl/N-ethyl adjacent to an activating group) is 1. The largest absolute Gasteiger partial charge is 0.341 e. The van der Waals surface area contributed by atoms with Gasteiger partial charge < -0.3 is 4.90 Å². The first kappa shape index (κ1) is 17.3. The van der Waals surface area contributed by atoms with Crippen molar-refractivity contribution >= 4 is 27.3 Å². The molecule has 2 rings (SSSR count). The van der Waals surface area contributed by atoms with Gasteiger partial charge in [0.25, 0.3) is 0 Å². The molecule has 1 aliphatic carbocycles. The number of nitrogens with zero attached hydrogens (tertiary/aromatic N) is 1. The van der Waals surface area contributed by atoms with Crippen molar-refractivity contribution in [1.82, 2.24) is 4.90 Å². The topological polar surface area (TPSA) is 54.5 Å². The van der Waals surface area contributed by atoms with Gasteiger partial charge in [-0.25, -0.2) is 8.42 Å². The van der Waals surface area contributed by atoms with Crippen LogP contribution in [0.25, 0.3) is 0 Å². The highest BCUT2D eigenvalue weighted by Crippen LogP contribution is 2.27. The minimum atomic E-state index is -3.14. The number of hydrogen-bond donors (Lipinski definition) is 0. The Morgan fingerprint density at radius 2 is 1.82 bits per heavy atom. The van der Waals surface area contributed by atoms with Crippen LogP contribution in [0, 0.1) is 0 Å². The number of carbonyl (C=O) groups is 1. The summed E-state index contributed by atoms with van der Waals surface area (Å²) in [5, 5.41) is 0.189. The number of halogens is 1. The maximum absolute atomic E-state index is 12.5. The molecule has 122 valence electrons. The van der Waals surface area contributed by atoms with Gasteiger partial charge in [-0.05, 0) is 30.5 Å². The summed E-state index contributed by atoms with van der Waals surface area (Å²) in [4.78, 5) is 14.1. The van der Waals surface area contributed by atoms with Gasteiger partial charge in [-0.3, -0.25) is 4.79 Å². The SMILES string of the molecule is CN(C(=O)Cc1ccc(Cl)cc1)C1CCCCC1S(C)(=O)=O. The summed E-state index contributed by atoms with van der Waals surface area (Å²) in [5.41, 5.74) is 0.882. The molecule has 0 aromatic heterocycles. The number of carbonyl (C=O) groups excluding carboxylic acids is 1.